The van der Waals surface area contributed by atoms with Crippen LogP contribution in [0.15, 0.2) is 29.3 Å². The Labute approximate surface area is 159 Å². The third-order valence-corrected chi connectivity index (χ3v) is 4.51. The fraction of sp³-hybridized carbons (Fsp3) is 0.500. The van der Waals surface area contributed by atoms with Crippen LogP contribution in [-0.4, -0.2) is 32.9 Å². The molecule has 0 saturated carbocycles. The average molecular weight is 371 g/mol. The predicted molar refractivity (Wildman–Crippen MR) is 106 cm³/mol. The Balaban J connectivity index is 2.08. The molecule has 2 rings (SSSR count). The number of H-pyrrole nitrogens is 1. The second-order valence-electron chi connectivity index (χ2n) is 7.63. The number of rotatable bonds is 8. The molecule has 146 valence electrons. The Morgan fingerprint density at radius 2 is 2.15 bits per heavy atom. The van der Waals surface area contributed by atoms with Gasteiger partial charge in [-0.2, -0.15) is 0 Å². The highest BCUT2D eigenvalue weighted by Crippen LogP contribution is 2.16. The van der Waals surface area contributed by atoms with Gasteiger partial charge in [0.15, 0.2) is 0 Å². The molecule has 1 atom stereocenters. The highest BCUT2D eigenvalue weighted by atomic mass is 16.1. The van der Waals surface area contributed by atoms with E-state index in [0.717, 1.165) is 12.0 Å². The van der Waals surface area contributed by atoms with Crippen LogP contribution >= 0.6 is 0 Å². The number of aromatic amines is 1. The number of nitrogens with one attached hydrogen (secondary N) is 2. The summed E-state index contributed by atoms with van der Waals surface area (Å²) in [5.41, 5.74) is 7.08. The molecular weight excluding hydrogens is 342 g/mol. The molecule has 2 aromatic heterocycles. The van der Waals surface area contributed by atoms with Gasteiger partial charge in [0, 0.05) is 47.7 Å². The first-order chi connectivity index (χ1) is 12.7. The number of hydrogen-bond acceptors (Lipinski definition) is 5. The number of amides is 1. The van der Waals surface area contributed by atoms with Crippen LogP contribution in [0.3, 0.4) is 0 Å². The van der Waals surface area contributed by atoms with Crippen LogP contribution in [0.25, 0.3) is 11.4 Å². The van der Waals surface area contributed by atoms with Gasteiger partial charge in [0.25, 0.3) is 5.56 Å². The van der Waals surface area contributed by atoms with Crippen molar-refractivity contribution in [2.45, 2.75) is 52.5 Å². The van der Waals surface area contributed by atoms with Crippen LogP contribution < -0.4 is 16.6 Å². The van der Waals surface area contributed by atoms with Crippen molar-refractivity contribution < 1.29 is 4.79 Å². The molecule has 0 aliphatic rings. The van der Waals surface area contributed by atoms with E-state index in [1.54, 1.807) is 25.4 Å². The Morgan fingerprint density at radius 1 is 1.41 bits per heavy atom. The van der Waals surface area contributed by atoms with E-state index >= 15 is 0 Å². The molecule has 0 saturated heterocycles. The van der Waals surface area contributed by atoms with Crippen molar-refractivity contribution in [3.05, 3.63) is 46.1 Å². The summed E-state index contributed by atoms with van der Waals surface area (Å²) in [4.78, 5) is 36.1. The monoisotopic (exact) mass is 371 g/mol. The zero-order valence-electron chi connectivity index (χ0n) is 16.5. The van der Waals surface area contributed by atoms with Crippen LogP contribution in [0.4, 0.5) is 0 Å². The molecule has 2 heterocycles. The van der Waals surface area contributed by atoms with Crippen LogP contribution in [0.5, 0.6) is 0 Å². The van der Waals surface area contributed by atoms with E-state index in [1.807, 2.05) is 13.0 Å². The van der Waals surface area contributed by atoms with Crippen molar-refractivity contribution in [2.24, 2.45) is 11.7 Å². The molecule has 2 aromatic rings. The third kappa shape index (κ3) is 5.72. The maximum atomic E-state index is 12.5. The molecule has 0 bridgehead atoms. The van der Waals surface area contributed by atoms with E-state index in [-0.39, 0.29) is 17.9 Å². The topological polar surface area (TPSA) is 114 Å². The Morgan fingerprint density at radius 3 is 2.70 bits per heavy atom. The first-order valence-electron chi connectivity index (χ1n) is 9.25. The molecule has 7 nitrogen and oxygen atoms in total. The number of carbonyl (C=O) groups is 1. The molecule has 0 aromatic carbocycles. The molecular formula is C20H29N5O2. The molecule has 0 aliphatic heterocycles. The van der Waals surface area contributed by atoms with Gasteiger partial charge in [-0.1, -0.05) is 13.8 Å². The Bertz CT molecular complexity index is 832. The fourth-order valence-electron chi connectivity index (χ4n) is 3.27. The van der Waals surface area contributed by atoms with Crippen molar-refractivity contribution >= 4 is 5.91 Å². The molecule has 0 spiro atoms. The van der Waals surface area contributed by atoms with Crippen molar-refractivity contribution in [1.29, 1.82) is 0 Å². The molecule has 0 radical (unpaired) electrons. The smallest absolute Gasteiger partial charge is 0.254 e. The minimum absolute atomic E-state index is 0.112. The van der Waals surface area contributed by atoms with E-state index < -0.39 is 5.54 Å². The van der Waals surface area contributed by atoms with Gasteiger partial charge in [0.05, 0.1) is 0 Å². The lowest BCUT2D eigenvalue weighted by Crippen LogP contribution is -2.52. The summed E-state index contributed by atoms with van der Waals surface area (Å²) in [7, 11) is 0. The first-order valence-corrected chi connectivity index (χ1v) is 9.25. The molecule has 0 fully saturated rings. The van der Waals surface area contributed by atoms with Crippen LogP contribution in [0, 0.1) is 12.8 Å². The number of hydrogen-bond donors (Lipinski definition) is 3. The Kier molecular flexibility index (Phi) is 6.85. The van der Waals surface area contributed by atoms with E-state index in [0.29, 0.717) is 36.0 Å². The van der Waals surface area contributed by atoms with Crippen LogP contribution in [-0.2, 0) is 11.2 Å². The maximum absolute atomic E-state index is 12.5. The summed E-state index contributed by atoms with van der Waals surface area (Å²) in [6.07, 6.45) is 4.65. The lowest BCUT2D eigenvalue weighted by atomic mass is 9.90. The van der Waals surface area contributed by atoms with Gasteiger partial charge in [-0.3, -0.25) is 14.6 Å². The lowest BCUT2D eigenvalue weighted by molar-refractivity contribution is -0.122. The van der Waals surface area contributed by atoms with Gasteiger partial charge in [0.2, 0.25) is 5.91 Å². The van der Waals surface area contributed by atoms with E-state index in [9.17, 15) is 9.59 Å². The highest BCUT2D eigenvalue weighted by molar-refractivity contribution is 5.77. The van der Waals surface area contributed by atoms with Crippen molar-refractivity contribution in [1.82, 2.24) is 20.3 Å². The van der Waals surface area contributed by atoms with Gasteiger partial charge < -0.3 is 16.0 Å². The van der Waals surface area contributed by atoms with Gasteiger partial charge in [-0.25, -0.2) is 4.98 Å². The summed E-state index contributed by atoms with van der Waals surface area (Å²) in [6, 6.07) is 3.62. The fourth-order valence-corrected chi connectivity index (χ4v) is 3.27. The highest BCUT2D eigenvalue weighted by Gasteiger charge is 2.25. The van der Waals surface area contributed by atoms with Gasteiger partial charge >= 0.3 is 0 Å². The third-order valence-electron chi connectivity index (χ3n) is 4.51. The normalized spacial score (nSPS) is 13.4. The first kappa shape index (κ1) is 20.8. The largest absolute Gasteiger partial charge is 0.350 e. The zero-order chi connectivity index (χ0) is 20.0. The van der Waals surface area contributed by atoms with E-state index in [1.165, 1.54) is 0 Å². The second kappa shape index (κ2) is 8.90. The van der Waals surface area contributed by atoms with E-state index in [2.05, 4.69) is 34.1 Å². The summed E-state index contributed by atoms with van der Waals surface area (Å²) >= 11 is 0. The quantitative estimate of drug-likeness (QED) is 0.656. The number of aromatic nitrogens is 3. The maximum Gasteiger partial charge on any atom is 0.254 e. The summed E-state index contributed by atoms with van der Waals surface area (Å²) in [6.45, 7) is 8.30. The minimum atomic E-state index is -0.435. The number of aryl methyl sites for hydroxylation is 1. The lowest BCUT2D eigenvalue weighted by Gasteiger charge is -2.31. The zero-order valence-corrected chi connectivity index (χ0v) is 16.5. The number of nitrogens with two attached hydrogens (primary N) is 1. The molecule has 4 N–H and O–H groups in total. The van der Waals surface area contributed by atoms with Crippen molar-refractivity contribution in [2.75, 3.05) is 6.54 Å². The second-order valence-corrected chi connectivity index (χ2v) is 7.63. The number of carbonyl (C=O) groups excluding carboxylic acids is 1. The molecule has 27 heavy (non-hydrogen) atoms. The van der Waals surface area contributed by atoms with E-state index in [4.69, 9.17) is 5.73 Å². The average Bonchev–Trinajstić information content (AvgIpc) is 2.60. The molecule has 0 aliphatic carbocycles. The van der Waals surface area contributed by atoms with Crippen LogP contribution in [0.2, 0.25) is 0 Å². The standard InChI is InChI=1S/C20H29N5O2/c1-13(2)10-20(4,12-21)25-17(26)8-7-16-14(3)23-18(24-19(16)27)15-6-5-9-22-11-15/h5-6,9,11,13H,7-8,10,12,21H2,1-4H3,(H,25,26)(H,23,24,27). The summed E-state index contributed by atoms with van der Waals surface area (Å²) < 4.78 is 0. The molecule has 7 heteroatoms. The van der Waals surface area contributed by atoms with Crippen LogP contribution in [0.1, 0.15) is 44.9 Å². The van der Waals surface area contributed by atoms with Crippen molar-refractivity contribution in [3.8, 4) is 11.4 Å². The number of pyridine rings is 1. The van der Waals surface area contributed by atoms with Gasteiger partial charge in [-0.05, 0) is 44.7 Å². The van der Waals surface area contributed by atoms with Crippen molar-refractivity contribution in [3.63, 3.8) is 0 Å². The summed E-state index contributed by atoms with van der Waals surface area (Å²) in [5, 5.41) is 3.02. The SMILES string of the molecule is Cc1nc(-c2cccnc2)[nH]c(=O)c1CCC(=O)NC(C)(CN)CC(C)C. The number of nitrogens with zero attached hydrogens (tertiary/aromatic N) is 2. The Hall–Kier alpha value is -2.54. The van der Waals surface area contributed by atoms with Gasteiger partial charge in [-0.15, -0.1) is 0 Å². The molecule has 1 amide bonds. The summed E-state index contributed by atoms with van der Waals surface area (Å²) in [5.74, 6) is 0.790. The molecule has 1 unspecified atom stereocenters. The van der Waals surface area contributed by atoms with Gasteiger partial charge in [0.1, 0.15) is 5.82 Å². The predicted octanol–water partition coefficient (Wildman–Crippen LogP) is 1.95. The minimum Gasteiger partial charge on any atom is -0.350 e.